The van der Waals surface area contributed by atoms with Crippen LogP contribution < -0.4 is 10.2 Å². The van der Waals surface area contributed by atoms with Gasteiger partial charge >= 0.3 is 6.03 Å². The number of hydrogen-bond acceptors (Lipinski definition) is 3. The number of urea groups is 1. The summed E-state index contributed by atoms with van der Waals surface area (Å²) in [7, 11) is 0. The third-order valence-electron chi connectivity index (χ3n) is 3.65. The van der Waals surface area contributed by atoms with Crippen LogP contribution in [-0.4, -0.2) is 54.2 Å². The zero-order valence-electron chi connectivity index (χ0n) is 12.5. The minimum absolute atomic E-state index is 0.000572. The first-order valence-electron chi connectivity index (χ1n) is 7.27. The number of benzene rings is 1. The van der Waals surface area contributed by atoms with Crippen LogP contribution in [0, 0.1) is 0 Å². The van der Waals surface area contributed by atoms with Crippen molar-refractivity contribution in [3.8, 4) is 0 Å². The van der Waals surface area contributed by atoms with Crippen molar-refractivity contribution in [2.45, 2.75) is 19.4 Å². The molecule has 0 aliphatic carbocycles. The number of rotatable bonds is 6. The number of halogens is 1. The fraction of sp³-hybridized carbons (Fsp3) is 0.467. The van der Waals surface area contributed by atoms with Crippen molar-refractivity contribution in [1.29, 1.82) is 0 Å². The Kier molecular flexibility index (Phi) is 5.63. The topological polar surface area (TPSA) is 72.9 Å². The summed E-state index contributed by atoms with van der Waals surface area (Å²) in [5.41, 5.74) is 0.763. The van der Waals surface area contributed by atoms with Crippen molar-refractivity contribution in [3.05, 3.63) is 29.3 Å². The van der Waals surface area contributed by atoms with Crippen molar-refractivity contribution in [3.63, 3.8) is 0 Å². The molecule has 1 unspecified atom stereocenters. The van der Waals surface area contributed by atoms with E-state index in [0.29, 0.717) is 24.5 Å². The van der Waals surface area contributed by atoms with Crippen LogP contribution in [0.15, 0.2) is 24.3 Å². The van der Waals surface area contributed by atoms with Crippen molar-refractivity contribution < 1.29 is 14.7 Å². The maximum Gasteiger partial charge on any atom is 0.325 e. The molecule has 6 nitrogen and oxygen atoms in total. The second kappa shape index (κ2) is 7.47. The van der Waals surface area contributed by atoms with Gasteiger partial charge in [-0.3, -0.25) is 9.69 Å². The number of hydrogen-bond donors (Lipinski definition) is 2. The average molecular weight is 326 g/mol. The summed E-state index contributed by atoms with van der Waals surface area (Å²) >= 11 is 5.84. The van der Waals surface area contributed by atoms with Gasteiger partial charge in [-0.1, -0.05) is 18.5 Å². The van der Waals surface area contributed by atoms with Gasteiger partial charge in [0.25, 0.3) is 0 Å². The molecule has 1 heterocycles. The molecule has 0 radical (unpaired) electrons. The van der Waals surface area contributed by atoms with Crippen LogP contribution in [0.4, 0.5) is 10.5 Å². The maximum absolute atomic E-state index is 12.3. The first kappa shape index (κ1) is 16.6. The van der Waals surface area contributed by atoms with Gasteiger partial charge in [0.1, 0.15) is 6.54 Å². The number of nitrogens with one attached hydrogen (secondary N) is 1. The van der Waals surface area contributed by atoms with E-state index in [-0.39, 0.29) is 31.1 Å². The van der Waals surface area contributed by atoms with Crippen LogP contribution in [0.25, 0.3) is 0 Å². The predicted octanol–water partition coefficient (Wildman–Crippen LogP) is 1.47. The zero-order chi connectivity index (χ0) is 16.1. The van der Waals surface area contributed by atoms with Gasteiger partial charge in [-0.25, -0.2) is 4.79 Å². The number of carbonyl (C=O) groups is 2. The van der Waals surface area contributed by atoms with E-state index in [1.54, 1.807) is 29.2 Å². The Morgan fingerprint density at radius 1 is 1.36 bits per heavy atom. The van der Waals surface area contributed by atoms with Crippen LogP contribution in [0.5, 0.6) is 0 Å². The Balaban J connectivity index is 1.94. The predicted molar refractivity (Wildman–Crippen MR) is 85.1 cm³/mol. The molecule has 1 atom stereocenters. The number of aliphatic hydroxyl groups excluding tert-OH is 1. The Morgan fingerprint density at radius 2 is 2.05 bits per heavy atom. The molecular formula is C15H20ClN3O3. The summed E-state index contributed by atoms with van der Waals surface area (Å²) in [6, 6.07) is 6.55. The molecule has 0 spiro atoms. The maximum atomic E-state index is 12.3. The summed E-state index contributed by atoms with van der Waals surface area (Å²) in [5.74, 6) is -0.257. The quantitative estimate of drug-likeness (QED) is 0.832. The highest BCUT2D eigenvalue weighted by atomic mass is 35.5. The van der Waals surface area contributed by atoms with Crippen molar-refractivity contribution in [2.75, 3.05) is 31.1 Å². The number of amides is 3. The van der Waals surface area contributed by atoms with E-state index >= 15 is 0 Å². The first-order chi connectivity index (χ1) is 10.5. The van der Waals surface area contributed by atoms with Gasteiger partial charge in [-0.2, -0.15) is 0 Å². The van der Waals surface area contributed by atoms with E-state index in [1.165, 1.54) is 4.90 Å². The van der Waals surface area contributed by atoms with E-state index in [4.69, 9.17) is 16.7 Å². The standard InChI is InChI=1S/C15H20ClN3O3/c1-2-12(10-20)17-14(21)9-18-7-8-19(15(18)22)13-5-3-11(16)4-6-13/h3-6,12,20H,2,7-10H2,1H3,(H,17,21). The summed E-state index contributed by atoms with van der Waals surface area (Å²) in [6.45, 7) is 2.80. The van der Waals surface area contributed by atoms with Gasteiger partial charge < -0.3 is 15.3 Å². The number of aliphatic hydroxyl groups is 1. The number of anilines is 1. The van der Waals surface area contributed by atoms with Crippen molar-refractivity contribution in [2.24, 2.45) is 0 Å². The molecule has 0 saturated carbocycles. The van der Waals surface area contributed by atoms with Gasteiger partial charge in [0, 0.05) is 23.8 Å². The highest BCUT2D eigenvalue weighted by Gasteiger charge is 2.31. The lowest BCUT2D eigenvalue weighted by atomic mass is 10.2. The monoisotopic (exact) mass is 325 g/mol. The summed E-state index contributed by atoms with van der Waals surface area (Å²) in [4.78, 5) is 27.4. The normalized spacial score (nSPS) is 16.0. The first-order valence-corrected chi connectivity index (χ1v) is 7.65. The van der Waals surface area contributed by atoms with E-state index < -0.39 is 0 Å². The van der Waals surface area contributed by atoms with E-state index in [0.717, 1.165) is 5.69 Å². The minimum atomic E-state index is -0.266. The van der Waals surface area contributed by atoms with Crippen molar-refractivity contribution >= 4 is 29.2 Å². The van der Waals surface area contributed by atoms with Crippen LogP contribution >= 0.6 is 11.6 Å². The SMILES string of the molecule is CCC(CO)NC(=O)CN1CCN(c2ccc(Cl)cc2)C1=O. The van der Waals surface area contributed by atoms with Crippen LogP contribution in [0.3, 0.4) is 0 Å². The molecule has 3 amide bonds. The number of carbonyl (C=O) groups excluding carboxylic acids is 2. The molecular weight excluding hydrogens is 306 g/mol. The lowest BCUT2D eigenvalue weighted by Crippen LogP contribution is -2.44. The summed E-state index contributed by atoms with van der Waals surface area (Å²) in [6.07, 6.45) is 0.646. The fourth-order valence-corrected chi connectivity index (χ4v) is 2.44. The van der Waals surface area contributed by atoms with Crippen molar-refractivity contribution in [1.82, 2.24) is 10.2 Å². The Hall–Kier alpha value is -1.79. The van der Waals surface area contributed by atoms with Gasteiger partial charge in [0.2, 0.25) is 5.91 Å². The molecule has 2 rings (SSSR count). The molecule has 1 aromatic carbocycles. The van der Waals surface area contributed by atoms with E-state index in [1.807, 2.05) is 6.92 Å². The van der Waals surface area contributed by atoms with Gasteiger partial charge in [-0.15, -0.1) is 0 Å². The molecule has 0 aromatic heterocycles. The van der Waals surface area contributed by atoms with E-state index in [2.05, 4.69) is 5.32 Å². The molecule has 1 aromatic rings. The molecule has 0 bridgehead atoms. The molecule has 7 heteroatoms. The lowest BCUT2D eigenvalue weighted by Gasteiger charge is -2.20. The van der Waals surface area contributed by atoms with Crippen LogP contribution in [-0.2, 0) is 4.79 Å². The second-order valence-electron chi connectivity index (χ2n) is 5.19. The highest BCUT2D eigenvalue weighted by molar-refractivity contribution is 6.30. The average Bonchev–Trinajstić information content (AvgIpc) is 2.87. The second-order valence-corrected chi connectivity index (χ2v) is 5.62. The third kappa shape index (κ3) is 3.90. The molecule has 1 fully saturated rings. The molecule has 1 saturated heterocycles. The van der Waals surface area contributed by atoms with Crippen LogP contribution in [0.2, 0.25) is 5.02 Å². The lowest BCUT2D eigenvalue weighted by molar-refractivity contribution is -0.122. The Bertz CT molecular complexity index is 531. The highest BCUT2D eigenvalue weighted by Crippen LogP contribution is 2.22. The molecule has 120 valence electrons. The van der Waals surface area contributed by atoms with Gasteiger partial charge in [0.05, 0.1) is 12.6 Å². The molecule has 22 heavy (non-hydrogen) atoms. The third-order valence-corrected chi connectivity index (χ3v) is 3.90. The van der Waals surface area contributed by atoms with E-state index in [9.17, 15) is 9.59 Å². The summed E-state index contributed by atoms with van der Waals surface area (Å²) in [5, 5.41) is 12.4. The van der Waals surface area contributed by atoms with Gasteiger partial charge in [-0.05, 0) is 30.7 Å². The van der Waals surface area contributed by atoms with Crippen LogP contribution in [0.1, 0.15) is 13.3 Å². The molecule has 1 aliphatic rings. The largest absolute Gasteiger partial charge is 0.394 e. The fourth-order valence-electron chi connectivity index (χ4n) is 2.31. The smallest absolute Gasteiger partial charge is 0.325 e. The molecule has 2 N–H and O–H groups in total. The Morgan fingerprint density at radius 3 is 2.64 bits per heavy atom. The minimum Gasteiger partial charge on any atom is -0.394 e. The number of nitrogens with zero attached hydrogens (tertiary/aromatic N) is 2. The zero-order valence-corrected chi connectivity index (χ0v) is 13.2. The Labute approximate surface area is 134 Å². The summed E-state index contributed by atoms with van der Waals surface area (Å²) < 4.78 is 0. The van der Waals surface area contributed by atoms with Gasteiger partial charge in [0.15, 0.2) is 0 Å². The molecule has 1 aliphatic heterocycles.